The van der Waals surface area contributed by atoms with Crippen LogP contribution in [0, 0.1) is 6.92 Å². The van der Waals surface area contributed by atoms with E-state index >= 15 is 0 Å². The third-order valence-electron chi connectivity index (χ3n) is 2.64. The van der Waals surface area contributed by atoms with Gasteiger partial charge in [0.15, 0.2) is 5.82 Å². The first-order valence-electron chi connectivity index (χ1n) is 6.03. The van der Waals surface area contributed by atoms with E-state index in [9.17, 15) is 8.42 Å². The third kappa shape index (κ3) is 4.00. The standard InChI is InChI=1S/C11H15BrN6O2S/c1-8-5-15-18(7-8)3-2-16-21(19,20)10-4-9(12)6-14-11(10)17-13/h4-7,16H,2-3,13H2,1H3,(H,14,17). The first-order chi connectivity index (χ1) is 9.92. The molecule has 10 heteroatoms. The summed E-state index contributed by atoms with van der Waals surface area (Å²) < 4.78 is 29.2. The minimum absolute atomic E-state index is 0.0176. The number of aromatic nitrogens is 3. The zero-order valence-corrected chi connectivity index (χ0v) is 13.6. The summed E-state index contributed by atoms with van der Waals surface area (Å²) in [6, 6.07) is 1.43. The monoisotopic (exact) mass is 374 g/mol. The highest BCUT2D eigenvalue weighted by Gasteiger charge is 2.19. The number of pyridine rings is 1. The topological polar surface area (TPSA) is 115 Å². The van der Waals surface area contributed by atoms with Crippen LogP contribution in [0.1, 0.15) is 5.56 Å². The maximum Gasteiger partial charge on any atom is 0.244 e. The summed E-state index contributed by atoms with van der Waals surface area (Å²) >= 11 is 3.19. The van der Waals surface area contributed by atoms with E-state index in [-0.39, 0.29) is 17.3 Å². The number of aryl methyl sites for hydroxylation is 1. The number of hydrogen-bond donors (Lipinski definition) is 3. The Morgan fingerprint density at radius 3 is 2.81 bits per heavy atom. The van der Waals surface area contributed by atoms with Gasteiger partial charge in [-0.15, -0.1) is 0 Å². The smallest absolute Gasteiger partial charge is 0.244 e. The molecule has 0 saturated carbocycles. The molecule has 21 heavy (non-hydrogen) atoms. The van der Waals surface area contributed by atoms with Gasteiger partial charge >= 0.3 is 0 Å². The van der Waals surface area contributed by atoms with Crippen LogP contribution in [0.5, 0.6) is 0 Å². The van der Waals surface area contributed by atoms with E-state index in [1.807, 2.05) is 13.1 Å². The number of anilines is 1. The van der Waals surface area contributed by atoms with Gasteiger partial charge in [-0.1, -0.05) is 0 Å². The number of sulfonamides is 1. The van der Waals surface area contributed by atoms with Crippen molar-refractivity contribution in [2.75, 3.05) is 12.0 Å². The minimum Gasteiger partial charge on any atom is -0.307 e. The predicted molar refractivity (Wildman–Crippen MR) is 81.9 cm³/mol. The average Bonchev–Trinajstić information content (AvgIpc) is 2.84. The van der Waals surface area contributed by atoms with Gasteiger partial charge in [0.25, 0.3) is 0 Å². The fourth-order valence-electron chi connectivity index (χ4n) is 1.70. The molecule has 0 amide bonds. The number of nitrogens with one attached hydrogen (secondary N) is 2. The van der Waals surface area contributed by atoms with E-state index in [1.165, 1.54) is 12.3 Å². The van der Waals surface area contributed by atoms with Gasteiger partial charge < -0.3 is 5.43 Å². The Morgan fingerprint density at radius 2 is 2.19 bits per heavy atom. The Hall–Kier alpha value is -1.49. The van der Waals surface area contributed by atoms with Crippen LogP contribution in [0.25, 0.3) is 0 Å². The molecule has 0 radical (unpaired) electrons. The number of halogens is 1. The maximum absolute atomic E-state index is 12.3. The molecule has 2 heterocycles. The number of nitrogens with zero attached hydrogens (tertiary/aromatic N) is 3. The fraction of sp³-hybridized carbons (Fsp3) is 0.273. The zero-order chi connectivity index (χ0) is 15.5. The van der Waals surface area contributed by atoms with Gasteiger partial charge in [-0.2, -0.15) is 5.10 Å². The molecule has 0 aliphatic rings. The molecular formula is C11H15BrN6O2S. The SMILES string of the molecule is Cc1cnn(CCNS(=O)(=O)c2cc(Br)cnc2NN)c1. The molecule has 0 atom stereocenters. The van der Waals surface area contributed by atoms with Crippen LogP contribution in [-0.4, -0.2) is 29.7 Å². The van der Waals surface area contributed by atoms with Crippen LogP contribution < -0.4 is 16.0 Å². The number of rotatable bonds is 6. The molecular weight excluding hydrogens is 360 g/mol. The molecule has 2 aromatic heterocycles. The quantitative estimate of drug-likeness (QED) is 0.504. The molecule has 0 bridgehead atoms. The predicted octanol–water partition coefficient (Wildman–Crippen LogP) is 0.613. The van der Waals surface area contributed by atoms with Crippen molar-refractivity contribution in [3.63, 3.8) is 0 Å². The van der Waals surface area contributed by atoms with E-state index in [0.717, 1.165) is 5.56 Å². The first-order valence-corrected chi connectivity index (χ1v) is 8.31. The summed E-state index contributed by atoms with van der Waals surface area (Å²) in [4.78, 5) is 3.90. The first kappa shape index (κ1) is 15.9. The fourth-order valence-corrected chi connectivity index (χ4v) is 3.34. The Bertz CT molecular complexity index is 730. The lowest BCUT2D eigenvalue weighted by Crippen LogP contribution is -2.29. The van der Waals surface area contributed by atoms with E-state index in [2.05, 4.69) is 36.2 Å². The van der Waals surface area contributed by atoms with Crippen molar-refractivity contribution in [3.8, 4) is 0 Å². The maximum atomic E-state index is 12.3. The van der Waals surface area contributed by atoms with Crippen molar-refractivity contribution in [3.05, 3.63) is 34.7 Å². The molecule has 2 aromatic rings. The summed E-state index contributed by atoms with van der Waals surface area (Å²) in [7, 11) is -3.71. The van der Waals surface area contributed by atoms with Gasteiger partial charge in [0, 0.05) is 23.4 Å². The second-order valence-corrected chi connectivity index (χ2v) is 6.97. The normalized spacial score (nSPS) is 11.6. The highest BCUT2D eigenvalue weighted by atomic mass is 79.9. The third-order valence-corrected chi connectivity index (χ3v) is 4.55. The second-order valence-electron chi connectivity index (χ2n) is 4.32. The highest BCUT2D eigenvalue weighted by Crippen LogP contribution is 2.21. The van der Waals surface area contributed by atoms with Gasteiger partial charge in [0.1, 0.15) is 4.90 Å². The van der Waals surface area contributed by atoms with Crippen molar-refractivity contribution >= 4 is 31.8 Å². The van der Waals surface area contributed by atoms with E-state index < -0.39 is 10.0 Å². The largest absolute Gasteiger partial charge is 0.307 e. The Balaban J connectivity index is 2.09. The molecule has 0 spiro atoms. The Kier molecular flexibility index (Phi) is 4.93. The number of hydrazine groups is 1. The lowest BCUT2D eigenvalue weighted by molar-refractivity contribution is 0.560. The Labute approximate surface area is 130 Å². The minimum atomic E-state index is -3.71. The lowest BCUT2D eigenvalue weighted by Gasteiger charge is -2.10. The number of nitrogen functional groups attached to an aromatic ring is 1. The van der Waals surface area contributed by atoms with Gasteiger partial charge in [-0.05, 0) is 34.5 Å². The van der Waals surface area contributed by atoms with E-state index in [1.54, 1.807) is 10.9 Å². The number of hydrogen-bond acceptors (Lipinski definition) is 6. The van der Waals surface area contributed by atoms with Crippen molar-refractivity contribution in [1.82, 2.24) is 19.5 Å². The van der Waals surface area contributed by atoms with Crippen LogP contribution in [0.4, 0.5) is 5.82 Å². The lowest BCUT2D eigenvalue weighted by atomic mass is 10.4. The second kappa shape index (κ2) is 6.52. The van der Waals surface area contributed by atoms with Gasteiger partial charge in [-0.25, -0.2) is 24.0 Å². The van der Waals surface area contributed by atoms with Gasteiger partial charge in [-0.3, -0.25) is 4.68 Å². The molecule has 0 unspecified atom stereocenters. The Morgan fingerprint density at radius 1 is 1.43 bits per heavy atom. The van der Waals surface area contributed by atoms with Gasteiger partial charge in [0.05, 0.1) is 12.7 Å². The summed E-state index contributed by atoms with van der Waals surface area (Å²) in [5.74, 6) is 5.37. The average molecular weight is 375 g/mol. The van der Waals surface area contributed by atoms with E-state index in [4.69, 9.17) is 5.84 Å². The van der Waals surface area contributed by atoms with Crippen molar-refractivity contribution in [1.29, 1.82) is 0 Å². The van der Waals surface area contributed by atoms with Crippen LogP contribution in [-0.2, 0) is 16.6 Å². The molecule has 2 rings (SSSR count). The molecule has 0 aromatic carbocycles. The van der Waals surface area contributed by atoms with Crippen LogP contribution in [0.2, 0.25) is 0 Å². The summed E-state index contributed by atoms with van der Waals surface area (Å²) in [5.41, 5.74) is 3.29. The molecule has 4 N–H and O–H groups in total. The molecule has 114 valence electrons. The number of nitrogens with two attached hydrogens (primary N) is 1. The summed E-state index contributed by atoms with van der Waals surface area (Å²) in [6.45, 7) is 2.56. The molecule has 0 aliphatic heterocycles. The zero-order valence-electron chi connectivity index (χ0n) is 11.2. The van der Waals surface area contributed by atoms with E-state index in [0.29, 0.717) is 11.0 Å². The molecule has 0 fully saturated rings. The molecule has 8 nitrogen and oxygen atoms in total. The summed E-state index contributed by atoms with van der Waals surface area (Å²) in [6.07, 6.45) is 5.01. The molecule has 0 saturated heterocycles. The molecule has 0 aliphatic carbocycles. The highest BCUT2D eigenvalue weighted by molar-refractivity contribution is 9.10. The van der Waals surface area contributed by atoms with Crippen LogP contribution in [0.3, 0.4) is 0 Å². The van der Waals surface area contributed by atoms with Gasteiger partial charge in [0.2, 0.25) is 10.0 Å². The van der Waals surface area contributed by atoms with Crippen LogP contribution >= 0.6 is 15.9 Å². The van der Waals surface area contributed by atoms with Crippen molar-refractivity contribution in [2.45, 2.75) is 18.4 Å². The van der Waals surface area contributed by atoms with Crippen molar-refractivity contribution in [2.24, 2.45) is 5.84 Å². The van der Waals surface area contributed by atoms with Crippen molar-refractivity contribution < 1.29 is 8.42 Å². The van der Waals surface area contributed by atoms with Crippen LogP contribution in [0.15, 0.2) is 34.0 Å². The summed E-state index contributed by atoms with van der Waals surface area (Å²) in [5, 5.41) is 4.09.